The summed E-state index contributed by atoms with van der Waals surface area (Å²) in [6.45, 7) is 5.41. The molecule has 7 heteroatoms. The van der Waals surface area contributed by atoms with Crippen molar-refractivity contribution in [3.8, 4) is 5.75 Å². The van der Waals surface area contributed by atoms with Crippen molar-refractivity contribution in [1.29, 1.82) is 0 Å². The van der Waals surface area contributed by atoms with E-state index >= 15 is 0 Å². The number of amides is 1. The molecule has 2 aromatic rings. The third-order valence-electron chi connectivity index (χ3n) is 5.31. The van der Waals surface area contributed by atoms with Crippen molar-refractivity contribution in [2.75, 3.05) is 0 Å². The number of carboxylic acids is 1. The predicted octanol–water partition coefficient (Wildman–Crippen LogP) is 3.12. The molecule has 0 saturated carbocycles. The van der Waals surface area contributed by atoms with Crippen LogP contribution in [-0.2, 0) is 22.4 Å². The maximum absolute atomic E-state index is 12.6. The van der Waals surface area contributed by atoms with Gasteiger partial charge in [-0.1, -0.05) is 19.8 Å². The Hall–Kier alpha value is -2.83. The van der Waals surface area contributed by atoms with Crippen LogP contribution in [0.25, 0.3) is 11.0 Å². The van der Waals surface area contributed by atoms with Crippen molar-refractivity contribution >= 4 is 22.8 Å². The molecular weight excluding hydrogens is 374 g/mol. The Morgan fingerprint density at radius 1 is 1.28 bits per heavy atom. The molecular formula is C22H27NO6. The summed E-state index contributed by atoms with van der Waals surface area (Å²) in [5.41, 5.74) is 2.57. The van der Waals surface area contributed by atoms with E-state index in [1.54, 1.807) is 13.0 Å². The number of hydrogen-bond donors (Lipinski definition) is 2. The minimum Gasteiger partial charge on any atom is -0.480 e. The second-order valence-electron chi connectivity index (χ2n) is 7.64. The SMILES string of the molecule is CCCCC(NC(=O)C(C)Oc1cc(C)cc2oc(=O)c3c(c12)CCC3)C(=O)O. The predicted molar refractivity (Wildman–Crippen MR) is 108 cm³/mol. The van der Waals surface area contributed by atoms with Gasteiger partial charge in [0.25, 0.3) is 5.91 Å². The Labute approximate surface area is 169 Å². The van der Waals surface area contributed by atoms with Gasteiger partial charge < -0.3 is 19.6 Å². The molecule has 1 heterocycles. The molecule has 1 aliphatic rings. The highest BCUT2D eigenvalue weighted by Gasteiger charge is 2.26. The van der Waals surface area contributed by atoms with Gasteiger partial charge in [0.05, 0.1) is 5.39 Å². The molecule has 2 N–H and O–H groups in total. The zero-order chi connectivity index (χ0) is 21.1. The van der Waals surface area contributed by atoms with Gasteiger partial charge in [0.2, 0.25) is 0 Å². The second kappa shape index (κ2) is 8.68. The van der Waals surface area contributed by atoms with Crippen molar-refractivity contribution in [1.82, 2.24) is 5.32 Å². The average molecular weight is 401 g/mol. The van der Waals surface area contributed by atoms with E-state index in [-0.39, 0.29) is 5.63 Å². The summed E-state index contributed by atoms with van der Waals surface area (Å²) in [6.07, 6.45) is 3.34. The Bertz CT molecular complexity index is 993. The Morgan fingerprint density at radius 2 is 2.00 bits per heavy atom. The average Bonchev–Trinajstić information content (AvgIpc) is 3.14. The van der Waals surface area contributed by atoms with Gasteiger partial charge in [0.1, 0.15) is 17.4 Å². The van der Waals surface area contributed by atoms with Crippen LogP contribution in [0, 0.1) is 6.92 Å². The number of aryl methyl sites for hydroxylation is 2. The number of unbranched alkanes of at least 4 members (excludes halogenated alkanes) is 1. The Morgan fingerprint density at radius 3 is 2.69 bits per heavy atom. The first-order chi connectivity index (χ1) is 13.8. The lowest BCUT2D eigenvalue weighted by Crippen LogP contribution is -2.46. The van der Waals surface area contributed by atoms with E-state index in [4.69, 9.17) is 9.15 Å². The lowest BCUT2D eigenvalue weighted by atomic mass is 10.0. The van der Waals surface area contributed by atoms with Crippen LogP contribution in [-0.4, -0.2) is 29.1 Å². The lowest BCUT2D eigenvalue weighted by molar-refractivity contribution is -0.143. The highest BCUT2D eigenvalue weighted by molar-refractivity contribution is 5.90. The number of carboxylic acid groups (broad SMARTS) is 1. The summed E-state index contributed by atoms with van der Waals surface area (Å²) in [5.74, 6) is -1.07. The van der Waals surface area contributed by atoms with E-state index in [0.717, 1.165) is 35.8 Å². The van der Waals surface area contributed by atoms with Gasteiger partial charge in [-0.15, -0.1) is 0 Å². The van der Waals surface area contributed by atoms with Gasteiger partial charge in [-0.3, -0.25) is 4.79 Å². The molecule has 1 amide bonds. The maximum atomic E-state index is 12.6. The van der Waals surface area contributed by atoms with Gasteiger partial charge in [-0.05, 0) is 62.8 Å². The minimum atomic E-state index is -1.06. The quantitative estimate of drug-likeness (QED) is 0.659. The largest absolute Gasteiger partial charge is 0.480 e. The number of carbonyl (C=O) groups excluding carboxylic acids is 1. The van der Waals surface area contributed by atoms with Crippen molar-refractivity contribution in [2.45, 2.75) is 71.4 Å². The number of carbonyl (C=O) groups is 2. The number of hydrogen-bond acceptors (Lipinski definition) is 5. The number of rotatable bonds is 8. The van der Waals surface area contributed by atoms with Gasteiger partial charge in [-0.25, -0.2) is 9.59 Å². The van der Waals surface area contributed by atoms with E-state index in [2.05, 4.69) is 5.32 Å². The van der Waals surface area contributed by atoms with E-state index in [1.807, 2.05) is 19.9 Å². The fourth-order valence-electron chi connectivity index (χ4n) is 3.80. The van der Waals surface area contributed by atoms with E-state index in [1.165, 1.54) is 0 Å². The first kappa shape index (κ1) is 20.9. The van der Waals surface area contributed by atoms with E-state index in [9.17, 15) is 19.5 Å². The Kier molecular flexibility index (Phi) is 6.25. The van der Waals surface area contributed by atoms with Crippen molar-refractivity contribution in [3.63, 3.8) is 0 Å². The molecule has 1 aliphatic carbocycles. The summed E-state index contributed by atoms with van der Waals surface area (Å²) in [5, 5.41) is 12.6. The maximum Gasteiger partial charge on any atom is 0.339 e. The van der Waals surface area contributed by atoms with Crippen LogP contribution in [0.4, 0.5) is 0 Å². The topological polar surface area (TPSA) is 106 Å². The monoisotopic (exact) mass is 401 g/mol. The summed E-state index contributed by atoms with van der Waals surface area (Å²) in [6, 6.07) is 2.67. The summed E-state index contributed by atoms with van der Waals surface area (Å²) < 4.78 is 11.4. The van der Waals surface area contributed by atoms with Crippen LogP contribution in [0.3, 0.4) is 0 Å². The van der Waals surface area contributed by atoms with Crippen LogP contribution in [0.1, 0.15) is 56.2 Å². The molecule has 1 aromatic carbocycles. The summed E-state index contributed by atoms with van der Waals surface area (Å²) >= 11 is 0. The molecule has 2 atom stereocenters. The number of ether oxygens (including phenoxy) is 1. The molecule has 0 radical (unpaired) electrons. The van der Waals surface area contributed by atoms with Crippen LogP contribution in [0.2, 0.25) is 0 Å². The highest BCUT2D eigenvalue weighted by atomic mass is 16.5. The third kappa shape index (κ3) is 4.44. The van der Waals surface area contributed by atoms with Gasteiger partial charge in [-0.2, -0.15) is 0 Å². The number of nitrogens with one attached hydrogen (secondary N) is 1. The van der Waals surface area contributed by atoms with Crippen molar-refractivity contribution < 1.29 is 23.8 Å². The molecule has 3 rings (SSSR count). The van der Waals surface area contributed by atoms with Crippen LogP contribution < -0.4 is 15.7 Å². The molecule has 7 nitrogen and oxygen atoms in total. The van der Waals surface area contributed by atoms with Crippen molar-refractivity contribution in [3.05, 3.63) is 39.2 Å². The smallest absolute Gasteiger partial charge is 0.339 e. The zero-order valence-corrected chi connectivity index (χ0v) is 17.0. The number of aliphatic carboxylic acids is 1. The van der Waals surface area contributed by atoms with Gasteiger partial charge in [0, 0.05) is 5.56 Å². The number of fused-ring (bicyclic) bond motifs is 3. The zero-order valence-electron chi connectivity index (χ0n) is 17.0. The van der Waals surface area contributed by atoms with Crippen LogP contribution in [0.15, 0.2) is 21.3 Å². The standard InChI is InChI=1S/C22H27NO6/c1-4-5-9-16(21(25)26)23-20(24)13(3)28-17-10-12(2)11-18-19(17)14-7-6-8-15(14)22(27)29-18/h10-11,13,16H,4-9H2,1-3H3,(H,23,24)(H,25,26). The minimum absolute atomic E-state index is 0.312. The highest BCUT2D eigenvalue weighted by Crippen LogP contribution is 2.35. The van der Waals surface area contributed by atoms with Crippen LogP contribution >= 0.6 is 0 Å². The molecule has 156 valence electrons. The van der Waals surface area contributed by atoms with Crippen LogP contribution in [0.5, 0.6) is 5.75 Å². The molecule has 0 aliphatic heterocycles. The number of benzene rings is 1. The van der Waals surface area contributed by atoms with E-state index in [0.29, 0.717) is 36.2 Å². The third-order valence-corrected chi connectivity index (χ3v) is 5.31. The molecule has 0 saturated heterocycles. The fraction of sp³-hybridized carbons (Fsp3) is 0.500. The van der Waals surface area contributed by atoms with E-state index < -0.39 is 24.0 Å². The summed E-state index contributed by atoms with van der Waals surface area (Å²) in [7, 11) is 0. The molecule has 29 heavy (non-hydrogen) atoms. The van der Waals surface area contributed by atoms with Gasteiger partial charge >= 0.3 is 11.6 Å². The fourth-order valence-corrected chi connectivity index (χ4v) is 3.80. The molecule has 0 spiro atoms. The Balaban J connectivity index is 1.87. The molecule has 0 fully saturated rings. The molecule has 2 unspecified atom stereocenters. The first-order valence-corrected chi connectivity index (χ1v) is 10.1. The lowest BCUT2D eigenvalue weighted by Gasteiger charge is -2.20. The second-order valence-corrected chi connectivity index (χ2v) is 7.64. The normalized spacial score (nSPS) is 15.0. The summed E-state index contributed by atoms with van der Waals surface area (Å²) in [4.78, 5) is 36.2. The van der Waals surface area contributed by atoms with Gasteiger partial charge in [0.15, 0.2) is 6.10 Å². The molecule has 1 aromatic heterocycles. The van der Waals surface area contributed by atoms with Crippen molar-refractivity contribution in [2.24, 2.45) is 0 Å². The first-order valence-electron chi connectivity index (χ1n) is 10.1. The molecule has 0 bridgehead atoms.